The maximum Gasteiger partial charge on any atom is 0.244 e. The highest BCUT2D eigenvalue weighted by atomic mass is 32.1. The molecule has 6 heteroatoms. The van der Waals surface area contributed by atoms with E-state index in [2.05, 4.69) is 16.5 Å². The summed E-state index contributed by atoms with van der Waals surface area (Å²) in [5.74, 6) is -0.0233. The molecule has 1 aliphatic rings. The van der Waals surface area contributed by atoms with Crippen LogP contribution in [0.15, 0.2) is 23.8 Å². The number of hydrogen-bond acceptors (Lipinski definition) is 4. The van der Waals surface area contributed by atoms with Crippen molar-refractivity contribution < 1.29 is 4.79 Å². The van der Waals surface area contributed by atoms with Gasteiger partial charge in [0.25, 0.3) is 0 Å². The van der Waals surface area contributed by atoms with Crippen LogP contribution in [0.4, 0.5) is 0 Å². The lowest BCUT2D eigenvalue weighted by atomic mass is 10.1. The van der Waals surface area contributed by atoms with Gasteiger partial charge in [0.05, 0.1) is 6.20 Å². The van der Waals surface area contributed by atoms with Gasteiger partial charge in [-0.15, -0.1) is 11.3 Å². The number of nitrogens with two attached hydrogens (primary N) is 1. The van der Waals surface area contributed by atoms with Gasteiger partial charge in [-0.3, -0.25) is 9.48 Å². The molecule has 0 saturated carbocycles. The van der Waals surface area contributed by atoms with Crippen LogP contribution in [0.3, 0.4) is 0 Å². The zero-order chi connectivity index (χ0) is 13.4. The summed E-state index contributed by atoms with van der Waals surface area (Å²) >= 11 is 1.76. The molecule has 0 aliphatic carbocycles. The van der Waals surface area contributed by atoms with E-state index in [-0.39, 0.29) is 5.91 Å². The molecule has 1 aliphatic heterocycles. The van der Waals surface area contributed by atoms with Gasteiger partial charge >= 0.3 is 0 Å². The number of thiophene rings is 1. The van der Waals surface area contributed by atoms with E-state index >= 15 is 0 Å². The Kier molecular flexibility index (Phi) is 3.12. The van der Waals surface area contributed by atoms with E-state index in [0.29, 0.717) is 6.54 Å². The molecule has 100 valence electrons. The molecule has 2 aromatic rings. The monoisotopic (exact) mass is 276 g/mol. The van der Waals surface area contributed by atoms with Gasteiger partial charge in [-0.25, -0.2) is 0 Å². The topological polar surface area (TPSA) is 64.2 Å². The van der Waals surface area contributed by atoms with Gasteiger partial charge in [0.15, 0.2) is 0 Å². The Morgan fingerprint density at radius 3 is 3.16 bits per heavy atom. The number of rotatable bonds is 2. The van der Waals surface area contributed by atoms with Crippen LogP contribution in [0.25, 0.3) is 0 Å². The summed E-state index contributed by atoms with van der Waals surface area (Å²) < 4.78 is 1.66. The molecule has 1 unspecified atom stereocenters. The van der Waals surface area contributed by atoms with Gasteiger partial charge in [-0.1, -0.05) is 0 Å². The third-order valence-corrected chi connectivity index (χ3v) is 4.49. The molecule has 2 N–H and O–H groups in total. The normalized spacial score (nSPS) is 16.2. The zero-order valence-corrected chi connectivity index (χ0v) is 11.6. The van der Waals surface area contributed by atoms with E-state index < -0.39 is 6.04 Å². The second-order valence-electron chi connectivity index (χ2n) is 4.80. The van der Waals surface area contributed by atoms with Crippen molar-refractivity contribution in [2.24, 2.45) is 12.8 Å². The van der Waals surface area contributed by atoms with E-state index in [9.17, 15) is 4.79 Å². The average molecular weight is 276 g/mol. The molecule has 0 fully saturated rings. The first-order valence-corrected chi connectivity index (χ1v) is 7.11. The number of nitrogens with zero attached hydrogens (tertiary/aromatic N) is 3. The first-order valence-electron chi connectivity index (χ1n) is 6.23. The first-order chi connectivity index (χ1) is 9.15. The van der Waals surface area contributed by atoms with E-state index in [0.717, 1.165) is 18.5 Å². The summed E-state index contributed by atoms with van der Waals surface area (Å²) in [6.45, 7) is 1.42. The quantitative estimate of drug-likeness (QED) is 0.892. The predicted molar refractivity (Wildman–Crippen MR) is 73.6 cm³/mol. The molecule has 0 spiro atoms. The van der Waals surface area contributed by atoms with Crippen LogP contribution in [0.2, 0.25) is 0 Å². The van der Waals surface area contributed by atoms with Crippen LogP contribution in [-0.2, 0) is 24.8 Å². The van der Waals surface area contributed by atoms with E-state index in [1.165, 1.54) is 10.4 Å². The Morgan fingerprint density at radius 2 is 2.42 bits per heavy atom. The molecular formula is C13H16N4OS. The maximum atomic E-state index is 12.4. The van der Waals surface area contributed by atoms with Gasteiger partial charge in [0, 0.05) is 36.8 Å². The van der Waals surface area contributed by atoms with E-state index in [1.54, 1.807) is 28.4 Å². The molecule has 0 bridgehead atoms. The Morgan fingerprint density at radius 1 is 1.58 bits per heavy atom. The van der Waals surface area contributed by atoms with E-state index in [4.69, 9.17) is 5.73 Å². The van der Waals surface area contributed by atoms with Crippen LogP contribution >= 0.6 is 11.3 Å². The second kappa shape index (κ2) is 4.79. The van der Waals surface area contributed by atoms with Crippen molar-refractivity contribution >= 4 is 17.2 Å². The first kappa shape index (κ1) is 12.4. The molecule has 2 aromatic heterocycles. The number of aromatic nitrogens is 2. The smallest absolute Gasteiger partial charge is 0.244 e. The molecule has 0 saturated heterocycles. The molecule has 3 heterocycles. The summed E-state index contributed by atoms with van der Waals surface area (Å²) in [4.78, 5) is 15.6. The molecule has 19 heavy (non-hydrogen) atoms. The maximum absolute atomic E-state index is 12.4. The fourth-order valence-corrected chi connectivity index (χ4v) is 3.27. The Bertz CT molecular complexity index is 603. The van der Waals surface area contributed by atoms with Crippen LogP contribution < -0.4 is 5.73 Å². The number of carbonyl (C=O) groups excluding carboxylic acids is 1. The van der Waals surface area contributed by atoms with Crippen molar-refractivity contribution in [1.82, 2.24) is 14.7 Å². The van der Waals surface area contributed by atoms with Gasteiger partial charge < -0.3 is 10.6 Å². The number of hydrogen-bond donors (Lipinski definition) is 1. The van der Waals surface area contributed by atoms with Crippen LogP contribution in [0.5, 0.6) is 0 Å². The van der Waals surface area contributed by atoms with Crippen molar-refractivity contribution in [2.75, 3.05) is 6.54 Å². The standard InChI is InChI=1S/C13H16N4OS/c1-16-7-10(6-15-16)12(14)13(18)17-4-2-11-9(8-17)3-5-19-11/h3,5-7,12H,2,4,8,14H2,1H3. The summed E-state index contributed by atoms with van der Waals surface area (Å²) in [7, 11) is 1.82. The lowest BCUT2D eigenvalue weighted by molar-refractivity contribution is -0.133. The minimum atomic E-state index is -0.617. The highest BCUT2D eigenvalue weighted by molar-refractivity contribution is 7.10. The van der Waals surface area contributed by atoms with Crippen LogP contribution in [0, 0.1) is 0 Å². The van der Waals surface area contributed by atoms with Crippen LogP contribution in [-0.4, -0.2) is 27.1 Å². The lowest BCUT2D eigenvalue weighted by Crippen LogP contribution is -2.41. The SMILES string of the molecule is Cn1cc(C(N)C(=O)N2CCc3sccc3C2)cn1. The molecule has 5 nitrogen and oxygen atoms in total. The van der Waals surface area contributed by atoms with Gasteiger partial charge in [0.2, 0.25) is 5.91 Å². The predicted octanol–water partition coefficient (Wildman–Crippen LogP) is 1.07. The Hall–Kier alpha value is -1.66. The Balaban J connectivity index is 1.75. The zero-order valence-electron chi connectivity index (χ0n) is 10.7. The molecule has 3 rings (SSSR count). The Labute approximate surface area is 115 Å². The van der Waals surface area contributed by atoms with E-state index in [1.807, 2.05) is 11.9 Å². The summed E-state index contributed by atoms with van der Waals surface area (Å²) in [5.41, 5.74) is 8.06. The molecule has 0 aromatic carbocycles. The number of amides is 1. The van der Waals surface area contributed by atoms with Crippen molar-refractivity contribution in [3.63, 3.8) is 0 Å². The van der Waals surface area contributed by atoms with Crippen molar-refractivity contribution in [1.29, 1.82) is 0 Å². The van der Waals surface area contributed by atoms with Crippen molar-refractivity contribution in [2.45, 2.75) is 19.0 Å². The fourth-order valence-electron chi connectivity index (χ4n) is 2.38. The summed E-state index contributed by atoms with van der Waals surface area (Å²) in [5, 5.41) is 6.14. The summed E-state index contributed by atoms with van der Waals surface area (Å²) in [6, 6.07) is 1.48. The van der Waals surface area contributed by atoms with Gasteiger partial charge in [0.1, 0.15) is 6.04 Å². The van der Waals surface area contributed by atoms with Crippen LogP contribution in [0.1, 0.15) is 22.0 Å². The third kappa shape index (κ3) is 2.29. The van der Waals surface area contributed by atoms with Crippen molar-refractivity contribution in [3.05, 3.63) is 39.8 Å². The number of aryl methyl sites for hydroxylation is 1. The molecule has 1 amide bonds. The average Bonchev–Trinajstić information content (AvgIpc) is 3.04. The molecule has 1 atom stereocenters. The number of fused-ring (bicyclic) bond motifs is 1. The number of carbonyl (C=O) groups is 1. The second-order valence-corrected chi connectivity index (χ2v) is 5.80. The fraction of sp³-hybridized carbons (Fsp3) is 0.385. The highest BCUT2D eigenvalue weighted by Crippen LogP contribution is 2.25. The minimum Gasteiger partial charge on any atom is -0.336 e. The lowest BCUT2D eigenvalue weighted by Gasteiger charge is -2.29. The minimum absolute atomic E-state index is 0.0233. The van der Waals surface area contributed by atoms with Gasteiger partial charge in [-0.05, 0) is 23.4 Å². The van der Waals surface area contributed by atoms with Gasteiger partial charge in [-0.2, -0.15) is 5.10 Å². The highest BCUT2D eigenvalue weighted by Gasteiger charge is 2.27. The van der Waals surface area contributed by atoms with Crippen molar-refractivity contribution in [3.8, 4) is 0 Å². The summed E-state index contributed by atoms with van der Waals surface area (Å²) in [6.07, 6.45) is 4.38. The molecular weight excluding hydrogens is 260 g/mol. The largest absolute Gasteiger partial charge is 0.336 e. The third-order valence-electron chi connectivity index (χ3n) is 3.47. The molecule has 0 radical (unpaired) electrons.